The van der Waals surface area contributed by atoms with E-state index in [1.165, 1.54) is 17.8 Å². The molecule has 0 aliphatic carbocycles. The Morgan fingerprint density at radius 2 is 2.47 bits per heavy atom. The standard InChI is InChI=1S/C11H14N4OS/c1-8-3-2-4-14(5-8)10(16)9-6-15-11(13-9)17-7-12-15/h6-8H,2-5H2,1H3. The van der Waals surface area contributed by atoms with Crippen LogP contribution in [0.1, 0.15) is 30.3 Å². The van der Waals surface area contributed by atoms with Gasteiger partial charge in [-0.05, 0) is 18.8 Å². The van der Waals surface area contributed by atoms with E-state index in [1.807, 2.05) is 4.90 Å². The third kappa shape index (κ3) is 1.93. The van der Waals surface area contributed by atoms with Gasteiger partial charge in [-0.2, -0.15) is 5.10 Å². The van der Waals surface area contributed by atoms with Gasteiger partial charge in [0.15, 0.2) is 0 Å². The number of likely N-dealkylation sites (tertiary alicyclic amines) is 1. The molecule has 90 valence electrons. The summed E-state index contributed by atoms with van der Waals surface area (Å²) in [6, 6.07) is 0. The summed E-state index contributed by atoms with van der Waals surface area (Å²) >= 11 is 1.44. The first-order valence-corrected chi connectivity index (χ1v) is 6.70. The lowest BCUT2D eigenvalue weighted by molar-refractivity contribution is 0.0677. The van der Waals surface area contributed by atoms with Crippen molar-refractivity contribution in [2.45, 2.75) is 19.8 Å². The molecule has 0 aromatic carbocycles. The number of nitrogens with zero attached hydrogens (tertiary/aromatic N) is 4. The smallest absolute Gasteiger partial charge is 0.274 e. The van der Waals surface area contributed by atoms with Gasteiger partial charge >= 0.3 is 0 Å². The van der Waals surface area contributed by atoms with Gasteiger partial charge in [-0.1, -0.05) is 18.3 Å². The molecule has 6 heteroatoms. The van der Waals surface area contributed by atoms with Gasteiger partial charge in [-0.25, -0.2) is 9.50 Å². The molecule has 2 aromatic rings. The molecule has 1 aliphatic heterocycles. The molecule has 0 spiro atoms. The zero-order chi connectivity index (χ0) is 11.8. The first-order valence-electron chi connectivity index (χ1n) is 5.82. The number of aromatic nitrogens is 3. The van der Waals surface area contributed by atoms with E-state index < -0.39 is 0 Å². The Morgan fingerprint density at radius 1 is 1.59 bits per heavy atom. The summed E-state index contributed by atoms with van der Waals surface area (Å²) in [5.74, 6) is 0.629. The zero-order valence-corrected chi connectivity index (χ0v) is 10.5. The van der Waals surface area contributed by atoms with Crippen molar-refractivity contribution in [3.8, 4) is 0 Å². The maximum atomic E-state index is 12.2. The second kappa shape index (κ2) is 4.10. The van der Waals surface area contributed by atoms with E-state index in [1.54, 1.807) is 16.2 Å². The molecule has 17 heavy (non-hydrogen) atoms. The third-order valence-corrected chi connectivity index (χ3v) is 3.84. The van der Waals surface area contributed by atoms with Gasteiger partial charge < -0.3 is 4.90 Å². The summed E-state index contributed by atoms with van der Waals surface area (Å²) < 4.78 is 1.66. The highest BCUT2D eigenvalue weighted by Gasteiger charge is 2.24. The van der Waals surface area contributed by atoms with Crippen molar-refractivity contribution in [2.75, 3.05) is 13.1 Å². The van der Waals surface area contributed by atoms with Gasteiger partial charge in [0.2, 0.25) is 4.96 Å². The van der Waals surface area contributed by atoms with E-state index in [9.17, 15) is 4.79 Å². The number of hydrogen-bond acceptors (Lipinski definition) is 4. The summed E-state index contributed by atoms with van der Waals surface area (Å²) in [6.45, 7) is 3.88. The number of hydrogen-bond donors (Lipinski definition) is 0. The van der Waals surface area contributed by atoms with Crippen LogP contribution in [0.15, 0.2) is 11.7 Å². The van der Waals surface area contributed by atoms with Gasteiger partial charge in [0.1, 0.15) is 11.2 Å². The molecule has 1 aliphatic rings. The second-order valence-electron chi connectivity index (χ2n) is 4.59. The molecule has 5 nitrogen and oxygen atoms in total. The van der Waals surface area contributed by atoms with Gasteiger partial charge in [0.25, 0.3) is 5.91 Å². The van der Waals surface area contributed by atoms with Crippen LogP contribution >= 0.6 is 11.3 Å². The Morgan fingerprint density at radius 3 is 3.24 bits per heavy atom. The second-order valence-corrected chi connectivity index (χ2v) is 5.40. The minimum Gasteiger partial charge on any atom is -0.337 e. The quantitative estimate of drug-likeness (QED) is 0.773. The molecule has 0 N–H and O–H groups in total. The number of piperidine rings is 1. The number of rotatable bonds is 1. The van der Waals surface area contributed by atoms with E-state index in [0.717, 1.165) is 24.5 Å². The van der Waals surface area contributed by atoms with Crippen LogP contribution < -0.4 is 0 Å². The fourth-order valence-corrected chi connectivity index (χ4v) is 2.88. The van der Waals surface area contributed by atoms with Crippen molar-refractivity contribution in [3.05, 3.63) is 17.4 Å². The molecule has 0 radical (unpaired) electrons. The summed E-state index contributed by atoms with van der Waals surface area (Å²) in [6.07, 6.45) is 4.02. The fraction of sp³-hybridized carbons (Fsp3) is 0.545. The van der Waals surface area contributed by atoms with E-state index in [0.29, 0.717) is 11.6 Å². The van der Waals surface area contributed by atoms with Crippen LogP contribution in [-0.4, -0.2) is 38.5 Å². The largest absolute Gasteiger partial charge is 0.337 e. The highest BCUT2D eigenvalue weighted by atomic mass is 32.1. The van der Waals surface area contributed by atoms with Crippen LogP contribution in [0, 0.1) is 5.92 Å². The Balaban J connectivity index is 1.83. The molecule has 1 atom stereocenters. The molecule has 0 bridgehead atoms. The van der Waals surface area contributed by atoms with E-state index >= 15 is 0 Å². The third-order valence-electron chi connectivity index (χ3n) is 3.15. The number of carbonyl (C=O) groups excluding carboxylic acids is 1. The lowest BCUT2D eigenvalue weighted by Crippen LogP contribution is -2.39. The highest BCUT2D eigenvalue weighted by Crippen LogP contribution is 2.18. The molecule has 1 amide bonds. The predicted octanol–water partition coefficient (Wildman–Crippen LogP) is 1.66. The van der Waals surface area contributed by atoms with Crippen molar-refractivity contribution < 1.29 is 4.79 Å². The molecular weight excluding hydrogens is 236 g/mol. The fourth-order valence-electron chi connectivity index (χ4n) is 2.28. The molecule has 1 saturated heterocycles. The lowest BCUT2D eigenvalue weighted by Gasteiger charge is -2.30. The van der Waals surface area contributed by atoms with Crippen molar-refractivity contribution in [2.24, 2.45) is 5.92 Å². The zero-order valence-electron chi connectivity index (χ0n) is 9.67. The summed E-state index contributed by atoms with van der Waals surface area (Å²) in [5, 5.41) is 4.08. The number of amides is 1. The maximum Gasteiger partial charge on any atom is 0.274 e. The van der Waals surface area contributed by atoms with Crippen LogP contribution in [0.25, 0.3) is 4.96 Å². The first kappa shape index (κ1) is 10.7. The van der Waals surface area contributed by atoms with Crippen molar-refractivity contribution in [3.63, 3.8) is 0 Å². The van der Waals surface area contributed by atoms with Crippen molar-refractivity contribution in [1.82, 2.24) is 19.5 Å². The lowest BCUT2D eigenvalue weighted by atomic mass is 10.0. The van der Waals surface area contributed by atoms with Crippen LogP contribution in [0.4, 0.5) is 0 Å². The molecule has 2 aromatic heterocycles. The average Bonchev–Trinajstić information content (AvgIpc) is 2.88. The van der Waals surface area contributed by atoms with Crippen LogP contribution in [-0.2, 0) is 0 Å². The molecule has 0 saturated carbocycles. The molecule has 3 heterocycles. The van der Waals surface area contributed by atoms with Crippen molar-refractivity contribution >= 4 is 22.2 Å². The Labute approximate surface area is 103 Å². The molecule has 1 unspecified atom stereocenters. The van der Waals surface area contributed by atoms with E-state index in [-0.39, 0.29) is 5.91 Å². The molecule has 1 fully saturated rings. The SMILES string of the molecule is CC1CCCN(C(=O)c2cn3ncsc3n2)C1. The average molecular weight is 250 g/mol. The minimum atomic E-state index is 0.0363. The molecular formula is C11H14N4OS. The summed E-state index contributed by atoms with van der Waals surface area (Å²) in [5.41, 5.74) is 2.23. The number of carbonyl (C=O) groups is 1. The Kier molecular flexibility index (Phi) is 2.58. The minimum absolute atomic E-state index is 0.0363. The maximum absolute atomic E-state index is 12.2. The van der Waals surface area contributed by atoms with Crippen molar-refractivity contribution in [1.29, 1.82) is 0 Å². The monoisotopic (exact) mass is 250 g/mol. The molecule has 3 rings (SSSR count). The van der Waals surface area contributed by atoms with Gasteiger partial charge in [-0.3, -0.25) is 4.79 Å². The van der Waals surface area contributed by atoms with Gasteiger partial charge in [0, 0.05) is 13.1 Å². The van der Waals surface area contributed by atoms with E-state index in [4.69, 9.17) is 0 Å². The Hall–Kier alpha value is -1.43. The highest BCUT2D eigenvalue weighted by molar-refractivity contribution is 7.14. The van der Waals surface area contributed by atoms with Crippen LogP contribution in [0.2, 0.25) is 0 Å². The number of fused-ring (bicyclic) bond motifs is 1. The van der Waals surface area contributed by atoms with Crippen LogP contribution in [0.5, 0.6) is 0 Å². The first-order chi connectivity index (χ1) is 8.24. The van der Waals surface area contributed by atoms with Crippen LogP contribution in [0.3, 0.4) is 0 Å². The normalized spacial score (nSPS) is 21.0. The summed E-state index contributed by atoms with van der Waals surface area (Å²) in [4.78, 5) is 19.2. The Bertz CT molecular complexity index is 518. The summed E-state index contributed by atoms with van der Waals surface area (Å²) in [7, 11) is 0. The van der Waals surface area contributed by atoms with Gasteiger partial charge in [-0.15, -0.1) is 0 Å². The topological polar surface area (TPSA) is 50.5 Å². The van der Waals surface area contributed by atoms with Gasteiger partial charge in [0.05, 0.1) is 6.20 Å². The predicted molar refractivity (Wildman–Crippen MR) is 65.2 cm³/mol. The number of imidazole rings is 1. The van der Waals surface area contributed by atoms with E-state index in [2.05, 4.69) is 17.0 Å².